The number of nitro groups is 1. The maximum atomic E-state index is 10.7. The minimum absolute atomic E-state index is 0.130. The summed E-state index contributed by atoms with van der Waals surface area (Å²) in [6, 6.07) is 0. The van der Waals surface area contributed by atoms with Gasteiger partial charge in [0.05, 0.1) is 4.92 Å². The molecule has 1 aromatic rings. The number of hydrogen-bond acceptors (Lipinski definition) is 3. The van der Waals surface area contributed by atoms with Crippen molar-refractivity contribution in [1.82, 2.24) is 9.78 Å². The van der Waals surface area contributed by atoms with Gasteiger partial charge in [0.25, 0.3) is 0 Å². The number of nitrogens with zero attached hydrogens (tertiary/aromatic N) is 3. The normalized spacial score (nSPS) is 16.2. The molecule has 0 unspecified atom stereocenters. The lowest BCUT2D eigenvalue weighted by atomic mass is 10.3. The van der Waals surface area contributed by atoms with Crippen LogP contribution in [-0.4, -0.2) is 14.7 Å². The molecule has 1 aromatic heterocycles. The average molecular weight is 246 g/mol. The molecule has 1 saturated carbocycles. The summed E-state index contributed by atoms with van der Waals surface area (Å²) in [5.41, 5.74) is 0.754. The highest BCUT2D eigenvalue weighted by molar-refractivity contribution is 9.10. The van der Waals surface area contributed by atoms with Crippen LogP contribution in [0.2, 0.25) is 0 Å². The molecular weight excluding hydrogens is 238 g/mol. The van der Waals surface area contributed by atoms with Crippen molar-refractivity contribution in [1.29, 1.82) is 0 Å². The van der Waals surface area contributed by atoms with E-state index in [2.05, 4.69) is 21.0 Å². The Hall–Kier alpha value is -0.910. The van der Waals surface area contributed by atoms with Gasteiger partial charge >= 0.3 is 5.69 Å². The number of halogens is 1. The van der Waals surface area contributed by atoms with E-state index in [1.54, 1.807) is 7.05 Å². The van der Waals surface area contributed by atoms with Crippen LogP contribution in [0.1, 0.15) is 24.5 Å². The Morgan fingerprint density at radius 1 is 1.69 bits per heavy atom. The fourth-order valence-corrected chi connectivity index (χ4v) is 1.74. The van der Waals surface area contributed by atoms with Crippen molar-refractivity contribution in [3.8, 4) is 0 Å². The molecule has 2 rings (SSSR count). The lowest BCUT2D eigenvalue weighted by molar-refractivity contribution is -0.386. The zero-order valence-corrected chi connectivity index (χ0v) is 8.61. The second-order valence-corrected chi connectivity index (χ2v) is 3.93. The van der Waals surface area contributed by atoms with Crippen LogP contribution in [0.3, 0.4) is 0 Å². The standard InChI is InChI=1S/C7H8BrN3O2/c1-10-7(8)6(11(12)13)5(9-10)4-2-3-4/h4H,2-3H2,1H3. The van der Waals surface area contributed by atoms with Gasteiger partial charge in [0.15, 0.2) is 4.60 Å². The summed E-state index contributed by atoms with van der Waals surface area (Å²) in [5.74, 6) is 0.304. The van der Waals surface area contributed by atoms with Gasteiger partial charge in [-0.25, -0.2) is 0 Å². The highest BCUT2D eigenvalue weighted by atomic mass is 79.9. The van der Waals surface area contributed by atoms with Crippen molar-refractivity contribution in [3.63, 3.8) is 0 Å². The SMILES string of the molecule is Cn1nc(C2CC2)c([N+](=O)[O-])c1Br. The number of aryl methyl sites for hydroxylation is 1. The van der Waals surface area contributed by atoms with Gasteiger partial charge in [0.1, 0.15) is 5.69 Å². The minimum Gasteiger partial charge on any atom is -0.258 e. The summed E-state index contributed by atoms with van der Waals surface area (Å²) >= 11 is 3.16. The smallest absolute Gasteiger partial charge is 0.258 e. The fourth-order valence-electron chi connectivity index (χ4n) is 1.31. The van der Waals surface area contributed by atoms with E-state index >= 15 is 0 Å². The van der Waals surface area contributed by atoms with Crippen LogP contribution >= 0.6 is 15.9 Å². The first kappa shape index (κ1) is 8.68. The monoisotopic (exact) mass is 245 g/mol. The highest BCUT2D eigenvalue weighted by Gasteiger charge is 2.36. The topological polar surface area (TPSA) is 61.0 Å². The quantitative estimate of drug-likeness (QED) is 0.592. The van der Waals surface area contributed by atoms with E-state index in [1.165, 1.54) is 4.68 Å². The molecule has 0 radical (unpaired) electrons. The number of rotatable bonds is 2. The van der Waals surface area contributed by atoms with Gasteiger partial charge in [-0.2, -0.15) is 5.10 Å². The summed E-state index contributed by atoms with van der Waals surface area (Å²) in [5, 5.41) is 14.8. The summed E-state index contributed by atoms with van der Waals surface area (Å²) in [4.78, 5) is 10.3. The van der Waals surface area contributed by atoms with Crippen LogP contribution in [0, 0.1) is 10.1 Å². The van der Waals surface area contributed by atoms with Gasteiger partial charge in [-0.1, -0.05) is 0 Å². The van der Waals surface area contributed by atoms with Gasteiger partial charge in [0, 0.05) is 13.0 Å². The molecule has 0 atom stereocenters. The van der Waals surface area contributed by atoms with E-state index < -0.39 is 0 Å². The summed E-state index contributed by atoms with van der Waals surface area (Å²) in [7, 11) is 1.70. The molecule has 0 amide bonds. The van der Waals surface area contributed by atoms with E-state index in [4.69, 9.17) is 0 Å². The second-order valence-electron chi connectivity index (χ2n) is 3.18. The molecule has 0 spiro atoms. The number of hydrogen-bond donors (Lipinski definition) is 0. The Balaban J connectivity index is 2.54. The Bertz CT molecular complexity index is 370. The molecule has 5 nitrogen and oxygen atoms in total. The molecule has 0 aromatic carbocycles. The van der Waals surface area contributed by atoms with Crippen LogP contribution in [0.15, 0.2) is 4.60 Å². The van der Waals surface area contributed by atoms with E-state index in [-0.39, 0.29) is 10.6 Å². The second kappa shape index (κ2) is 2.80. The molecule has 1 heterocycles. The Morgan fingerprint density at radius 3 is 2.77 bits per heavy atom. The number of aromatic nitrogens is 2. The van der Waals surface area contributed by atoms with E-state index in [0.29, 0.717) is 16.2 Å². The summed E-state index contributed by atoms with van der Waals surface area (Å²) in [6.45, 7) is 0. The third-order valence-electron chi connectivity index (χ3n) is 2.13. The zero-order valence-electron chi connectivity index (χ0n) is 7.03. The Morgan fingerprint density at radius 2 is 2.31 bits per heavy atom. The highest BCUT2D eigenvalue weighted by Crippen LogP contribution is 2.45. The Labute approximate surface area is 83.0 Å². The molecular formula is C7H8BrN3O2. The third-order valence-corrected chi connectivity index (χ3v) is 3.02. The molecule has 0 aliphatic heterocycles. The molecule has 1 fully saturated rings. The fraction of sp³-hybridized carbons (Fsp3) is 0.571. The van der Waals surface area contributed by atoms with Crippen molar-refractivity contribution in [3.05, 3.63) is 20.4 Å². The molecule has 6 heteroatoms. The molecule has 0 bridgehead atoms. The minimum atomic E-state index is -0.370. The van der Waals surface area contributed by atoms with Gasteiger partial charge < -0.3 is 0 Å². The van der Waals surface area contributed by atoms with Crippen LogP contribution in [0.4, 0.5) is 5.69 Å². The summed E-state index contributed by atoms with van der Waals surface area (Å²) in [6.07, 6.45) is 2.04. The lowest BCUT2D eigenvalue weighted by Gasteiger charge is -1.89. The molecule has 0 N–H and O–H groups in total. The van der Waals surface area contributed by atoms with E-state index in [0.717, 1.165) is 12.8 Å². The molecule has 70 valence electrons. The van der Waals surface area contributed by atoms with Gasteiger partial charge in [-0.15, -0.1) is 0 Å². The maximum absolute atomic E-state index is 10.7. The van der Waals surface area contributed by atoms with Gasteiger partial charge in [0.2, 0.25) is 0 Å². The first-order valence-electron chi connectivity index (χ1n) is 3.98. The first-order valence-corrected chi connectivity index (χ1v) is 4.77. The van der Waals surface area contributed by atoms with Crippen molar-refractivity contribution in [2.45, 2.75) is 18.8 Å². The summed E-state index contributed by atoms with van der Waals surface area (Å²) < 4.78 is 1.96. The lowest BCUT2D eigenvalue weighted by Crippen LogP contribution is -1.91. The first-order chi connectivity index (χ1) is 6.11. The third kappa shape index (κ3) is 1.35. The molecule has 13 heavy (non-hydrogen) atoms. The van der Waals surface area contributed by atoms with Crippen molar-refractivity contribution >= 4 is 21.6 Å². The van der Waals surface area contributed by atoms with Crippen molar-refractivity contribution < 1.29 is 4.92 Å². The van der Waals surface area contributed by atoms with Crippen LogP contribution < -0.4 is 0 Å². The molecule has 1 aliphatic rings. The van der Waals surface area contributed by atoms with Gasteiger partial charge in [-0.3, -0.25) is 14.8 Å². The van der Waals surface area contributed by atoms with Crippen LogP contribution in [-0.2, 0) is 7.05 Å². The van der Waals surface area contributed by atoms with Crippen molar-refractivity contribution in [2.24, 2.45) is 7.05 Å². The predicted molar refractivity (Wildman–Crippen MR) is 49.5 cm³/mol. The predicted octanol–water partition coefficient (Wildman–Crippen LogP) is 1.97. The van der Waals surface area contributed by atoms with Crippen molar-refractivity contribution in [2.75, 3.05) is 0 Å². The van der Waals surface area contributed by atoms with Crippen LogP contribution in [0.5, 0.6) is 0 Å². The largest absolute Gasteiger partial charge is 0.324 e. The van der Waals surface area contributed by atoms with Gasteiger partial charge in [-0.05, 0) is 28.8 Å². The molecule has 0 saturated heterocycles. The maximum Gasteiger partial charge on any atom is 0.324 e. The van der Waals surface area contributed by atoms with E-state index in [9.17, 15) is 10.1 Å². The van der Waals surface area contributed by atoms with Crippen LogP contribution in [0.25, 0.3) is 0 Å². The zero-order chi connectivity index (χ0) is 9.59. The average Bonchev–Trinajstić information content (AvgIpc) is 2.80. The Kier molecular flexibility index (Phi) is 1.87. The van der Waals surface area contributed by atoms with E-state index in [1.807, 2.05) is 0 Å². The molecule has 1 aliphatic carbocycles.